The fourth-order valence-electron chi connectivity index (χ4n) is 5.39. The van der Waals surface area contributed by atoms with Gasteiger partial charge in [0.2, 0.25) is 0 Å². The summed E-state index contributed by atoms with van der Waals surface area (Å²) in [6, 6.07) is 5.94. The largest absolute Gasteiger partial charge is 0.347 e. The summed E-state index contributed by atoms with van der Waals surface area (Å²) in [7, 11) is 1.93. The Balaban J connectivity index is 1.48. The SMILES string of the molecule is Cc1cn2nc([C@@H]3CCCCN3C(=O)c3cccn3C)cc2nc1C1CC[C@H](C)C1. The van der Waals surface area contributed by atoms with Gasteiger partial charge >= 0.3 is 0 Å². The number of aromatic nitrogens is 4. The lowest BCUT2D eigenvalue weighted by molar-refractivity contribution is 0.0596. The van der Waals surface area contributed by atoms with E-state index in [4.69, 9.17) is 10.1 Å². The highest BCUT2D eigenvalue weighted by Gasteiger charge is 2.32. The first-order valence-corrected chi connectivity index (χ1v) is 11.3. The number of amides is 1. The van der Waals surface area contributed by atoms with Crippen LogP contribution >= 0.6 is 0 Å². The Morgan fingerprint density at radius 3 is 2.80 bits per heavy atom. The monoisotopic (exact) mass is 405 g/mol. The summed E-state index contributed by atoms with van der Waals surface area (Å²) in [6.07, 6.45) is 10.9. The van der Waals surface area contributed by atoms with Gasteiger partial charge in [-0.15, -0.1) is 0 Å². The maximum absolute atomic E-state index is 13.2. The minimum Gasteiger partial charge on any atom is -0.347 e. The second-order valence-corrected chi connectivity index (χ2v) is 9.31. The molecular weight excluding hydrogens is 374 g/mol. The summed E-state index contributed by atoms with van der Waals surface area (Å²) in [5.74, 6) is 1.44. The van der Waals surface area contributed by atoms with Crippen molar-refractivity contribution >= 4 is 11.6 Å². The van der Waals surface area contributed by atoms with Crippen LogP contribution in [0.5, 0.6) is 0 Å². The highest BCUT2D eigenvalue weighted by molar-refractivity contribution is 5.93. The van der Waals surface area contributed by atoms with Gasteiger partial charge in [0.25, 0.3) is 5.91 Å². The molecule has 0 aromatic carbocycles. The molecule has 0 spiro atoms. The Morgan fingerprint density at radius 2 is 2.07 bits per heavy atom. The van der Waals surface area contributed by atoms with Crippen LogP contribution in [0, 0.1) is 12.8 Å². The predicted octanol–water partition coefficient (Wildman–Crippen LogP) is 4.65. The van der Waals surface area contributed by atoms with E-state index in [-0.39, 0.29) is 11.9 Å². The molecule has 6 heteroatoms. The maximum atomic E-state index is 13.2. The molecule has 0 radical (unpaired) electrons. The number of fused-ring (bicyclic) bond motifs is 1. The summed E-state index contributed by atoms with van der Waals surface area (Å²) in [4.78, 5) is 20.3. The van der Waals surface area contributed by atoms with Gasteiger partial charge in [-0.2, -0.15) is 5.10 Å². The first-order valence-electron chi connectivity index (χ1n) is 11.3. The molecule has 3 aromatic heterocycles. The number of hydrogen-bond acceptors (Lipinski definition) is 3. The van der Waals surface area contributed by atoms with Crippen molar-refractivity contribution in [2.45, 2.75) is 64.3 Å². The Hall–Kier alpha value is -2.63. The number of hydrogen-bond donors (Lipinski definition) is 0. The van der Waals surface area contributed by atoms with E-state index in [0.717, 1.165) is 48.8 Å². The Labute approximate surface area is 177 Å². The average molecular weight is 406 g/mol. The van der Waals surface area contributed by atoms with Crippen LogP contribution in [0.15, 0.2) is 30.6 Å². The van der Waals surface area contributed by atoms with Crippen molar-refractivity contribution < 1.29 is 4.79 Å². The molecule has 1 saturated heterocycles. The fraction of sp³-hybridized carbons (Fsp3) is 0.542. The molecule has 5 rings (SSSR count). The predicted molar refractivity (Wildman–Crippen MR) is 117 cm³/mol. The van der Waals surface area contributed by atoms with E-state index in [2.05, 4.69) is 26.1 Å². The molecule has 3 atom stereocenters. The van der Waals surface area contributed by atoms with E-state index < -0.39 is 0 Å². The molecule has 1 unspecified atom stereocenters. The van der Waals surface area contributed by atoms with Gasteiger partial charge in [0.15, 0.2) is 5.65 Å². The highest BCUT2D eigenvalue weighted by Crippen LogP contribution is 2.39. The number of rotatable bonds is 3. The zero-order valence-electron chi connectivity index (χ0n) is 18.2. The van der Waals surface area contributed by atoms with E-state index >= 15 is 0 Å². The lowest BCUT2D eigenvalue weighted by atomic mass is 9.98. The molecule has 0 N–H and O–H groups in total. The smallest absolute Gasteiger partial charge is 0.271 e. The van der Waals surface area contributed by atoms with Crippen LogP contribution < -0.4 is 0 Å². The van der Waals surface area contributed by atoms with Crippen LogP contribution in [-0.2, 0) is 7.05 Å². The van der Waals surface area contributed by atoms with Gasteiger partial charge in [-0.3, -0.25) is 4.79 Å². The van der Waals surface area contributed by atoms with E-state index in [1.807, 2.05) is 39.4 Å². The third-order valence-electron chi connectivity index (χ3n) is 7.04. The quantitative estimate of drug-likeness (QED) is 0.637. The molecule has 158 valence electrons. The molecule has 30 heavy (non-hydrogen) atoms. The van der Waals surface area contributed by atoms with Gasteiger partial charge in [0.1, 0.15) is 5.69 Å². The van der Waals surface area contributed by atoms with E-state index in [1.165, 1.54) is 30.5 Å². The average Bonchev–Trinajstić information content (AvgIpc) is 3.46. The minimum absolute atomic E-state index is 0.0121. The highest BCUT2D eigenvalue weighted by atomic mass is 16.2. The van der Waals surface area contributed by atoms with Crippen LogP contribution in [0.1, 0.15) is 84.8 Å². The lowest BCUT2D eigenvalue weighted by Crippen LogP contribution is -2.39. The fourth-order valence-corrected chi connectivity index (χ4v) is 5.39. The second kappa shape index (κ2) is 7.56. The van der Waals surface area contributed by atoms with Crippen molar-refractivity contribution in [3.8, 4) is 0 Å². The molecule has 2 fully saturated rings. The Morgan fingerprint density at radius 1 is 1.20 bits per heavy atom. The Bertz CT molecular complexity index is 1080. The van der Waals surface area contributed by atoms with Crippen LogP contribution in [0.4, 0.5) is 0 Å². The first kappa shape index (κ1) is 19.3. The second-order valence-electron chi connectivity index (χ2n) is 9.31. The molecule has 6 nitrogen and oxygen atoms in total. The van der Waals surface area contributed by atoms with Crippen molar-refractivity contribution in [1.29, 1.82) is 0 Å². The van der Waals surface area contributed by atoms with Gasteiger partial charge in [-0.25, -0.2) is 9.50 Å². The van der Waals surface area contributed by atoms with Crippen molar-refractivity contribution in [3.05, 3.63) is 53.2 Å². The number of likely N-dealkylation sites (tertiary alicyclic amines) is 1. The van der Waals surface area contributed by atoms with Gasteiger partial charge in [-0.1, -0.05) is 13.3 Å². The lowest BCUT2D eigenvalue weighted by Gasteiger charge is -2.34. The Kier molecular flexibility index (Phi) is 4.88. The van der Waals surface area contributed by atoms with E-state index in [9.17, 15) is 4.79 Å². The molecule has 1 aliphatic heterocycles. The van der Waals surface area contributed by atoms with Gasteiger partial charge in [0.05, 0.1) is 17.4 Å². The third kappa shape index (κ3) is 3.32. The number of nitrogens with zero attached hydrogens (tertiary/aromatic N) is 5. The van der Waals surface area contributed by atoms with Gasteiger partial charge < -0.3 is 9.47 Å². The maximum Gasteiger partial charge on any atom is 0.271 e. The van der Waals surface area contributed by atoms with E-state index in [1.54, 1.807) is 0 Å². The third-order valence-corrected chi connectivity index (χ3v) is 7.04. The molecule has 1 saturated carbocycles. The van der Waals surface area contributed by atoms with Crippen LogP contribution in [0.2, 0.25) is 0 Å². The summed E-state index contributed by atoms with van der Waals surface area (Å²) >= 11 is 0. The molecular formula is C24H31N5O. The van der Waals surface area contributed by atoms with Gasteiger partial charge in [0, 0.05) is 38.0 Å². The number of aryl methyl sites for hydroxylation is 2. The zero-order valence-corrected chi connectivity index (χ0v) is 18.2. The van der Waals surface area contributed by atoms with Crippen molar-refractivity contribution in [2.24, 2.45) is 13.0 Å². The molecule has 4 heterocycles. The van der Waals surface area contributed by atoms with Crippen LogP contribution in [0.3, 0.4) is 0 Å². The first-order chi connectivity index (χ1) is 14.5. The van der Waals surface area contributed by atoms with Crippen LogP contribution in [0.25, 0.3) is 5.65 Å². The van der Waals surface area contributed by atoms with Crippen molar-refractivity contribution in [3.63, 3.8) is 0 Å². The van der Waals surface area contributed by atoms with Crippen molar-refractivity contribution in [1.82, 2.24) is 24.1 Å². The topological polar surface area (TPSA) is 55.4 Å². The molecule has 2 aliphatic rings. The summed E-state index contributed by atoms with van der Waals surface area (Å²) < 4.78 is 3.81. The molecule has 1 aliphatic carbocycles. The number of piperidine rings is 1. The summed E-state index contributed by atoms with van der Waals surface area (Å²) in [5, 5.41) is 4.87. The molecule has 0 bridgehead atoms. The number of carbonyl (C=O) groups is 1. The minimum atomic E-state index is 0.0121. The van der Waals surface area contributed by atoms with Crippen LogP contribution in [-0.4, -0.2) is 36.5 Å². The number of carbonyl (C=O) groups excluding carboxylic acids is 1. The molecule has 1 amide bonds. The van der Waals surface area contributed by atoms with E-state index in [0.29, 0.717) is 5.92 Å². The summed E-state index contributed by atoms with van der Waals surface area (Å²) in [5.41, 5.74) is 5.05. The molecule has 3 aromatic rings. The summed E-state index contributed by atoms with van der Waals surface area (Å²) in [6.45, 7) is 5.27. The normalized spacial score (nSPS) is 24.6. The zero-order chi connectivity index (χ0) is 20.8. The standard InChI is InChI=1S/C24H31N5O/c1-16-9-10-18(13-16)23-17(2)15-29-22(25-23)14-19(26-29)20-7-4-5-12-28(20)24(30)21-8-6-11-27(21)3/h6,8,11,14-16,18,20H,4-5,7,9-10,12-13H2,1-3H3/t16-,18?,20-/m0/s1. The van der Waals surface area contributed by atoms with Crippen molar-refractivity contribution in [2.75, 3.05) is 6.54 Å². The van der Waals surface area contributed by atoms with Gasteiger partial charge in [-0.05, 0) is 62.6 Å².